The van der Waals surface area contributed by atoms with E-state index in [1.165, 1.54) is 5.56 Å². The monoisotopic (exact) mass is 281 g/mol. The Kier molecular flexibility index (Phi) is 6.73. The Labute approximate surface area is 122 Å². The third-order valence-corrected chi connectivity index (χ3v) is 4.07. The van der Waals surface area contributed by atoms with E-state index in [0.717, 1.165) is 18.0 Å². The average molecular weight is 281 g/mol. The Morgan fingerprint density at radius 2 is 2.00 bits per heavy atom. The number of rotatable bonds is 7. The predicted octanol–water partition coefficient (Wildman–Crippen LogP) is 4.27. The van der Waals surface area contributed by atoms with Crippen molar-refractivity contribution in [1.82, 2.24) is 5.32 Å². The first kappa shape index (κ1) is 16.4. The molecule has 1 atom stereocenters. The molecular formula is C16H27NOS. The second-order valence-electron chi connectivity index (χ2n) is 5.54. The van der Waals surface area contributed by atoms with Crippen molar-refractivity contribution >= 4 is 11.8 Å². The number of hydrogen-bond acceptors (Lipinski definition) is 3. The van der Waals surface area contributed by atoms with Crippen LogP contribution in [0.25, 0.3) is 0 Å². The van der Waals surface area contributed by atoms with Crippen LogP contribution >= 0.6 is 11.8 Å². The highest BCUT2D eigenvalue weighted by Crippen LogP contribution is 2.29. The molecule has 0 aliphatic carbocycles. The molecule has 0 amide bonds. The molecule has 0 aliphatic rings. The molecule has 0 spiro atoms. The van der Waals surface area contributed by atoms with Crippen LogP contribution in [-0.2, 0) is 0 Å². The molecule has 1 rings (SSSR count). The minimum absolute atomic E-state index is 0.297. The average Bonchev–Trinajstić information content (AvgIpc) is 2.34. The smallest absolute Gasteiger partial charge is 0.119 e. The third-order valence-electron chi connectivity index (χ3n) is 2.71. The molecule has 1 unspecified atom stereocenters. The Bertz CT molecular complexity index is 373. The van der Waals surface area contributed by atoms with Crippen molar-refractivity contribution in [2.75, 3.05) is 18.9 Å². The zero-order valence-electron chi connectivity index (χ0n) is 12.8. The van der Waals surface area contributed by atoms with Gasteiger partial charge >= 0.3 is 0 Å². The summed E-state index contributed by atoms with van der Waals surface area (Å²) in [5.41, 5.74) is 1.31. The number of hydrogen-bond donors (Lipinski definition) is 1. The fraction of sp³-hybridized carbons (Fsp3) is 0.625. The van der Waals surface area contributed by atoms with Gasteiger partial charge in [0, 0.05) is 16.5 Å². The summed E-state index contributed by atoms with van der Waals surface area (Å²) in [6, 6.07) is 8.81. The van der Waals surface area contributed by atoms with Gasteiger partial charge in [0.2, 0.25) is 0 Å². The largest absolute Gasteiger partial charge is 0.494 e. The van der Waals surface area contributed by atoms with E-state index in [1.807, 2.05) is 24.8 Å². The van der Waals surface area contributed by atoms with E-state index < -0.39 is 0 Å². The summed E-state index contributed by atoms with van der Waals surface area (Å²) >= 11 is 1.99. The standard InChI is InChI=1S/C16H27NOS/c1-6-17-15(12-19-16(3,4)5)13-9-8-10-14(11-13)18-7-2/h8-11,15,17H,6-7,12H2,1-5H3. The molecule has 1 aromatic carbocycles. The van der Waals surface area contributed by atoms with Crippen LogP contribution in [0.15, 0.2) is 24.3 Å². The van der Waals surface area contributed by atoms with Gasteiger partial charge in [-0.1, -0.05) is 39.8 Å². The van der Waals surface area contributed by atoms with Crippen molar-refractivity contribution in [2.24, 2.45) is 0 Å². The van der Waals surface area contributed by atoms with E-state index >= 15 is 0 Å². The quantitative estimate of drug-likeness (QED) is 0.806. The minimum Gasteiger partial charge on any atom is -0.494 e. The van der Waals surface area contributed by atoms with Gasteiger partial charge < -0.3 is 10.1 Å². The molecule has 3 heteroatoms. The van der Waals surface area contributed by atoms with Crippen LogP contribution in [0.2, 0.25) is 0 Å². The highest BCUT2D eigenvalue weighted by Gasteiger charge is 2.17. The summed E-state index contributed by atoms with van der Waals surface area (Å²) < 4.78 is 5.88. The summed E-state index contributed by atoms with van der Waals surface area (Å²) in [4.78, 5) is 0. The van der Waals surface area contributed by atoms with E-state index in [4.69, 9.17) is 4.74 Å². The third kappa shape index (κ3) is 6.35. The first-order valence-corrected chi connectivity index (χ1v) is 8.05. The van der Waals surface area contributed by atoms with E-state index in [0.29, 0.717) is 17.4 Å². The van der Waals surface area contributed by atoms with Crippen molar-refractivity contribution in [3.05, 3.63) is 29.8 Å². The maximum atomic E-state index is 5.59. The molecule has 0 saturated carbocycles. The van der Waals surface area contributed by atoms with Crippen molar-refractivity contribution in [2.45, 2.75) is 45.4 Å². The molecule has 0 bridgehead atoms. The topological polar surface area (TPSA) is 21.3 Å². The lowest BCUT2D eigenvalue weighted by Gasteiger charge is -2.24. The fourth-order valence-corrected chi connectivity index (χ4v) is 2.82. The van der Waals surface area contributed by atoms with Crippen LogP contribution < -0.4 is 10.1 Å². The molecule has 0 fully saturated rings. The van der Waals surface area contributed by atoms with Gasteiger partial charge in [0.05, 0.1) is 6.61 Å². The van der Waals surface area contributed by atoms with E-state index in [2.05, 4.69) is 51.2 Å². The van der Waals surface area contributed by atoms with Gasteiger partial charge in [-0.2, -0.15) is 11.8 Å². The SMILES string of the molecule is CCNC(CSC(C)(C)C)c1cccc(OCC)c1. The van der Waals surface area contributed by atoms with E-state index in [9.17, 15) is 0 Å². The van der Waals surface area contributed by atoms with Gasteiger partial charge in [0.25, 0.3) is 0 Å². The number of ether oxygens (including phenoxy) is 1. The van der Waals surface area contributed by atoms with Gasteiger partial charge in [0.1, 0.15) is 5.75 Å². The van der Waals surface area contributed by atoms with Crippen molar-refractivity contribution in [3.63, 3.8) is 0 Å². The fourth-order valence-electron chi connectivity index (χ4n) is 1.84. The molecule has 0 saturated heterocycles. The predicted molar refractivity (Wildman–Crippen MR) is 86.2 cm³/mol. The molecule has 1 aromatic rings. The Balaban J connectivity index is 2.76. The highest BCUT2D eigenvalue weighted by atomic mass is 32.2. The molecule has 0 aliphatic heterocycles. The van der Waals surface area contributed by atoms with Gasteiger partial charge in [-0.05, 0) is 31.2 Å². The summed E-state index contributed by atoms with van der Waals surface area (Å²) in [6.45, 7) is 12.7. The summed E-state index contributed by atoms with van der Waals surface area (Å²) in [5.74, 6) is 2.04. The maximum absolute atomic E-state index is 5.59. The lowest BCUT2D eigenvalue weighted by atomic mass is 10.1. The van der Waals surface area contributed by atoms with E-state index in [-0.39, 0.29) is 0 Å². The zero-order chi connectivity index (χ0) is 14.3. The zero-order valence-corrected chi connectivity index (χ0v) is 13.6. The summed E-state index contributed by atoms with van der Waals surface area (Å²) in [6.07, 6.45) is 0. The molecule has 1 N–H and O–H groups in total. The molecular weight excluding hydrogens is 254 g/mol. The molecule has 0 aromatic heterocycles. The first-order valence-electron chi connectivity index (χ1n) is 7.06. The second-order valence-corrected chi connectivity index (χ2v) is 7.39. The number of thioether (sulfide) groups is 1. The molecule has 108 valence electrons. The summed E-state index contributed by atoms with van der Waals surface area (Å²) in [5, 5.41) is 3.56. The molecule has 2 nitrogen and oxygen atoms in total. The van der Waals surface area contributed by atoms with Gasteiger partial charge in [-0.15, -0.1) is 0 Å². The van der Waals surface area contributed by atoms with Crippen molar-refractivity contribution < 1.29 is 4.74 Å². The number of nitrogens with one attached hydrogen (secondary N) is 1. The van der Waals surface area contributed by atoms with Crippen LogP contribution in [0.1, 0.15) is 46.2 Å². The van der Waals surface area contributed by atoms with Crippen LogP contribution in [-0.4, -0.2) is 23.7 Å². The second kappa shape index (κ2) is 7.81. The van der Waals surface area contributed by atoms with Crippen LogP contribution in [0.5, 0.6) is 5.75 Å². The molecule has 0 heterocycles. The summed E-state index contributed by atoms with van der Waals surface area (Å²) in [7, 11) is 0. The normalized spacial score (nSPS) is 13.3. The van der Waals surface area contributed by atoms with Gasteiger partial charge in [0.15, 0.2) is 0 Å². The number of benzene rings is 1. The van der Waals surface area contributed by atoms with Crippen LogP contribution in [0.4, 0.5) is 0 Å². The molecule has 19 heavy (non-hydrogen) atoms. The minimum atomic E-state index is 0.297. The Morgan fingerprint density at radius 3 is 2.58 bits per heavy atom. The molecule has 0 radical (unpaired) electrons. The lowest BCUT2D eigenvalue weighted by Crippen LogP contribution is -2.25. The maximum Gasteiger partial charge on any atom is 0.119 e. The van der Waals surface area contributed by atoms with Crippen molar-refractivity contribution in [3.8, 4) is 5.75 Å². The Morgan fingerprint density at radius 1 is 1.26 bits per heavy atom. The van der Waals surface area contributed by atoms with Gasteiger partial charge in [-0.25, -0.2) is 0 Å². The lowest BCUT2D eigenvalue weighted by molar-refractivity contribution is 0.339. The van der Waals surface area contributed by atoms with Crippen molar-refractivity contribution in [1.29, 1.82) is 0 Å². The van der Waals surface area contributed by atoms with Crippen LogP contribution in [0, 0.1) is 0 Å². The first-order chi connectivity index (χ1) is 8.96. The Hall–Kier alpha value is -0.670. The van der Waals surface area contributed by atoms with E-state index in [1.54, 1.807) is 0 Å². The highest BCUT2D eigenvalue weighted by molar-refractivity contribution is 8.00. The van der Waals surface area contributed by atoms with Crippen LogP contribution in [0.3, 0.4) is 0 Å². The van der Waals surface area contributed by atoms with Gasteiger partial charge in [-0.3, -0.25) is 0 Å².